The van der Waals surface area contributed by atoms with Crippen LogP contribution in [0, 0.1) is 0 Å². The highest BCUT2D eigenvalue weighted by Crippen LogP contribution is 2.29. The molecule has 0 bridgehead atoms. The van der Waals surface area contributed by atoms with Gasteiger partial charge in [0, 0.05) is 6.54 Å². The second-order valence-corrected chi connectivity index (χ2v) is 3.70. The zero-order valence-corrected chi connectivity index (χ0v) is 9.06. The van der Waals surface area contributed by atoms with E-state index >= 15 is 0 Å². The average Bonchev–Trinajstić information content (AvgIpc) is 2.25. The van der Waals surface area contributed by atoms with E-state index in [2.05, 4.69) is 5.32 Å². The van der Waals surface area contributed by atoms with Crippen molar-refractivity contribution >= 4 is 0 Å². The van der Waals surface area contributed by atoms with Gasteiger partial charge in [-0.2, -0.15) is 13.2 Å². The standard InChI is InChI=1S/C11H12F5N/c1-7(10(12)13)17-6-8-2-4-9(5-3-8)11(14,15)16/h2-5,7,10,17H,6H2,1H3. The van der Waals surface area contributed by atoms with Gasteiger partial charge >= 0.3 is 6.18 Å². The lowest BCUT2D eigenvalue weighted by Crippen LogP contribution is -2.31. The molecule has 0 amide bonds. The van der Waals surface area contributed by atoms with E-state index < -0.39 is 24.2 Å². The van der Waals surface area contributed by atoms with E-state index in [9.17, 15) is 22.0 Å². The van der Waals surface area contributed by atoms with Crippen LogP contribution in [0.5, 0.6) is 0 Å². The summed E-state index contributed by atoms with van der Waals surface area (Å²) < 4.78 is 61.0. The maximum Gasteiger partial charge on any atom is 0.416 e. The van der Waals surface area contributed by atoms with Gasteiger partial charge in [-0.3, -0.25) is 0 Å². The summed E-state index contributed by atoms with van der Waals surface area (Å²) in [4.78, 5) is 0. The molecule has 1 aromatic carbocycles. The molecule has 0 saturated carbocycles. The van der Waals surface area contributed by atoms with Crippen LogP contribution in [-0.2, 0) is 12.7 Å². The van der Waals surface area contributed by atoms with Crippen molar-refractivity contribution in [1.82, 2.24) is 5.32 Å². The molecular weight excluding hydrogens is 241 g/mol. The van der Waals surface area contributed by atoms with Gasteiger partial charge < -0.3 is 5.32 Å². The van der Waals surface area contributed by atoms with E-state index in [-0.39, 0.29) is 6.54 Å². The second-order valence-electron chi connectivity index (χ2n) is 3.70. The first-order chi connectivity index (χ1) is 7.80. The van der Waals surface area contributed by atoms with E-state index in [0.717, 1.165) is 12.1 Å². The van der Waals surface area contributed by atoms with Gasteiger partial charge in [0.15, 0.2) is 0 Å². The number of alkyl halides is 5. The quantitative estimate of drug-likeness (QED) is 0.810. The van der Waals surface area contributed by atoms with Crippen molar-refractivity contribution < 1.29 is 22.0 Å². The highest BCUT2D eigenvalue weighted by molar-refractivity contribution is 5.24. The van der Waals surface area contributed by atoms with Crippen LogP contribution in [0.4, 0.5) is 22.0 Å². The number of hydrogen-bond acceptors (Lipinski definition) is 1. The minimum atomic E-state index is -4.37. The first-order valence-corrected chi connectivity index (χ1v) is 4.98. The molecule has 17 heavy (non-hydrogen) atoms. The van der Waals surface area contributed by atoms with E-state index in [1.807, 2.05) is 0 Å². The van der Waals surface area contributed by atoms with E-state index in [1.54, 1.807) is 0 Å². The minimum Gasteiger partial charge on any atom is -0.305 e. The Bertz CT molecular complexity index is 344. The molecule has 0 aromatic heterocycles. The summed E-state index contributed by atoms with van der Waals surface area (Å²) in [6, 6.07) is 3.42. The SMILES string of the molecule is CC(NCc1ccc(C(F)(F)F)cc1)C(F)F. The molecule has 0 aliphatic heterocycles. The monoisotopic (exact) mass is 253 g/mol. The van der Waals surface area contributed by atoms with Crippen LogP contribution in [0.3, 0.4) is 0 Å². The molecule has 1 unspecified atom stereocenters. The van der Waals surface area contributed by atoms with Crippen molar-refractivity contribution in [2.75, 3.05) is 0 Å². The topological polar surface area (TPSA) is 12.0 Å². The van der Waals surface area contributed by atoms with Crippen molar-refractivity contribution in [3.63, 3.8) is 0 Å². The maximum absolute atomic E-state index is 12.2. The van der Waals surface area contributed by atoms with Crippen LogP contribution < -0.4 is 5.32 Å². The third-order valence-electron chi connectivity index (χ3n) is 2.29. The van der Waals surface area contributed by atoms with E-state index in [0.29, 0.717) is 5.56 Å². The lowest BCUT2D eigenvalue weighted by Gasteiger charge is -2.13. The van der Waals surface area contributed by atoms with Crippen molar-refractivity contribution in [2.45, 2.75) is 32.1 Å². The Labute approximate surface area is 95.6 Å². The molecule has 6 heteroatoms. The second kappa shape index (κ2) is 5.44. The fourth-order valence-electron chi connectivity index (χ4n) is 1.18. The van der Waals surface area contributed by atoms with Gasteiger partial charge in [-0.1, -0.05) is 12.1 Å². The van der Waals surface area contributed by atoms with E-state index in [4.69, 9.17) is 0 Å². The molecule has 0 radical (unpaired) electrons. The van der Waals surface area contributed by atoms with Crippen LogP contribution in [0.2, 0.25) is 0 Å². The Morgan fingerprint density at radius 2 is 1.65 bits per heavy atom. The molecule has 0 aliphatic rings. The lowest BCUT2D eigenvalue weighted by atomic mass is 10.1. The molecule has 1 aromatic rings. The van der Waals surface area contributed by atoms with Crippen LogP contribution in [0.25, 0.3) is 0 Å². The largest absolute Gasteiger partial charge is 0.416 e. The zero-order chi connectivity index (χ0) is 13.1. The molecule has 0 saturated heterocycles. The molecule has 0 aliphatic carbocycles. The fourth-order valence-corrected chi connectivity index (χ4v) is 1.18. The van der Waals surface area contributed by atoms with Gasteiger partial charge in [0.05, 0.1) is 11.6 Å². The van der Waals surface area contributed by atoms with Crippen LogP contribution in [-0.4, -0.2) is 12.5 Å². The van der Waals surface area contributed by atoms with Gasteiger partial charge in [-0.05, 0) is 24.6 Å². The highest BCUT2D eigenvalue weighted by atomic mass is 19.4. The fraction of sp³-hybridized carbons (Fsp3) is 0.455. The van der Waals surface area contributed by atoms with Gasteiger partial charge in [0.1, 0.15) is 0 Å². The highest BCUT2D eigenvalue weighted by Gasteiger charge is 2.29. The van der Waals surface area contributed by atoms with Gasteiger partial charge in [-0.15, -0.1) is 0 Å². The Balaban J connectivity index is 2.57. The maximum atomic E-state index is 12.2. The van der Waals surface area contributed by atoms with Gasteiger partial charge in [0.2, 0.25) is 0 Å². The summed E-state index contributed by atoms with van der Waals surface area (Å²) in [5.41, 5.74) is -0.214. The molecule has 1 nitrogen and oxygen atoms in total. The first kappa shape index (κ1) is 13.9. The normalized spacial score (nSPS) is 14.1. The molecular formula is C11H12F5N. The van der Waals surface area contributed by atoms with Crippen LogP contribution in [0.15, 0.2) is 24.3 Å². The number of rotatable bonds is 4. The summed E-state index contributed by atoms with van der Waals surface area (Å²) in [5.74, 6) is 0. The molecule has 0 spiro atoms. The van der Waals surface area contributed by atoms with Gasteiger partial charge in [0.25, 0.3) is 6.43 Å². The summed E-state index contributed by atoms with van der Waals surface area (Å²) in [7, 11) is 0. The number of halogens is 5. The van der Waals surface area contributed by atoms with E-state index in [1.165, 1.54) is 19.1 Å². The Hall–Kier alpha value is -1.17. The lowest BCUT2D eigenvalue weighted by molar-refractivity contribution is -0.137. The van der Waals surface area contributed by atoms with Crippen LogP contribution >= 0.6 is 0 Å². The Morgan fingerprint density at radius 3 is 2.06 bits per heavy atom. The third kappa shape index (κ3) is 4.30. The molecule has 1 rings (SSSR count). The summed E-state index contributed by atoms with van der Waals surface area (Å²) in [6.45, 7) is 1.43. The molecule has 1 N–H and O–H groups in total. The zero-order valence-electron chi connectivity index (χ0n) is 9.06. The summed E-state index contributed by atoms with van der Waals surface area (Å²) >= 11 is 0. The predicted octanol–water partition coefficient (Wildman–Crippen LogP) is 3.45. The molecule has 96 valence electrons. The van der Waals surface area contributed by atoms with Crippen molar-refractivity contribution in [3.8, 4) is 0 Å². The molecule has 1 atom stereocenters. The molecule has 0 heterocycles. The predicted molar refractivity (Wildman–Crippen MR) is 53.7 cm³/mol. The van der Waals surface area contributed by atoms with Crippen molar-refractivity contribution in [1.29, 1.82) is 0 Å². The number of nitrogens with one attached hydrogen (secondary N) is 1. The average molecular weight is 253 g/mol. The first-order valence-electron chi connectivity index (χ1n) is 4.98. The van der Waals surface area contributed by atoms with Gasteiger partial charge in [-0.25, -0.2) is 8.78 Å². The number of benzene rings is 1. The van der Waals surface area contributed by atoms with Crippen molar-refractivity contribution in [2.24, 2.45) is 0 Å². The smallest absolute Gasteiger partial charge is 0.305 e. The Morgan fingerprint density at radius 1 is 1.12 bits per heavy atom. The third-order valence-corrected chi connectivity index (χ3v) is 2.29. The Kier molecular flexibility index (Phi) is 4.45. The summed E-state index contributed by atoms with van der Waals surface area (Å²) in [6.07, 6.45) is -6.87. The number of hydrogen-bond donors (Lipinski definition) is 1. The van der Waals surface area contributed by atoms with Crippen LogP contribution in [0.1, 0.15) is 18.1 Å². The summed E-state index contributed by atoms with van der Waals surface area (Å²) in [5, 5.41) is 2.53. The van der Waals surface area contributed by atoms with Crippen molar-refractivity contribution in [3.05, 3.63) is 35.4 Å². The minimum absolute atomic E-state index is 0.115. The molecule has 0 fully saturated rings.